The van der Waals surface area contributed by atoms with Gasteiger partial charge in [-0.25, -0.2) is 9.97 Å². The molecular formula is C43H29N3OS. The first-order valence-electron chi connectivity index (χ1n) is 16.7. The van der Waals surface area contributed by atoms with Crippen LogP contribution < -0.4 is 9.64 Å². The van der Waals surface area contributed by atoms with Crippen LogP contribution in [0.4, 0.5) is 11.4 Å². The first-order chi connectivity index (χ1) is 23.7. The third-order valence-corrected chi connectivity index (χ3v) is 11.7. The van der Waals surface area contributed by atoms with E-state index in [2.05, 4.69) is 133 Å². The molecule has 0 bridgehead atoms. The summed E-state index contributed by atoms with van der Waals surface area (Å²) in [7, 11) is 0. The van der Waals surface area contributed by atoms with Gasteiger partial charge in [-0.05, 0) is 78.9 Å². The van der Waals surface area contributed by atoms with E-state index in [1.165, 1.54) is 53.8 Å². The molecule has 0 spiro atoms. The molecule has 4 aliphatic rings. The van der Waals surface area contributed by atoms with Gasteiger partial charge in [0.1, 0.15) is 11.5 Å². The van der Waals surface area contributed by atoms with Crippen molar-refractivity contribution >= 4 is 65.1 Å². The predicted molar refractivity (Wildman–Crippen MR) is 198 cm³/mol. The molecule has 0 saturated heterocycles. The minimum Gasteiger partial charge on any atom is -0.456 e. The monoisotopic (exact) mass is 635 g/mol. The van der Waals surface area contributed by atoms with E-state index in [0.29, 0.717) is 5.92 Å². The summed E-state index contributed by atoms with van der Waals surface area (Å²) in [6.07, 6.45) is 11.0. The molecular weight excluding hydrogens is 607 g/mol. The van der Waals surface area contributed by atoms with Crippen LogP contribution in [0, 0.1) is 6.92 Å². The summed E-state index contributed by atoms with van der Waals surface area (Å²) in [6, 6.07) is 35.5. The fraction of sp³-hybridized carbons (Fsp3) is 0.116. The fourth-order valence-corrected chi connectivity index (χ4v) is 9.65. The number of aryl methyl sites for hydroxylation is 2. The number of anilines is 2. The molecule has 2 unspecified atom stereocenters. The normalized spacial score (nSPS) is 18.6. The van der Waals surface area contributed by atoms with Crippen molar-refractivity contribution < 1.29 is 4.74 Å². The Balaban J connectivity index is 1.06. The van der Waals surface area contributed by atoms with E-state index in [4.69, 9.17) is 14.7 Å². The summed E-state index contributed by atoms with van der Waals surface area (Å²) >= 11 is 1.90. The summed E-state index contributed by atoms with van der Waals surface area (Å²) < 4.78 is 9.33. The van der Waals surface area contributed by atoms with Crippen molar-refractivity contribution in [3.63, 3.8) is 0 Å². The fourth-order valence-electron chi connectivity index (χ4n) is 8.40. The summed E-state index contributed by atoms with van der Waals surface area (Å²) in [5.41, 5.74) is 11.7. The highest BCUT2D eigenvalue weighted by Crippen LogP contribution is 2.54. The van der Waals surface area contributed by atoms with E-state index < -0.39 is 0 Å². The molecule has 0 radical (unpaired) electrons. The van der Waals surface area contributed by atoms with Crippen LogP contribution in [0.25, 0.3) is 53.8 Å². The van der Waals surface area contributed by atoms with Crippen molar-refractivity contribution in [3.05, 3.63) is 149 Å². The van der Waals surface area contributed by atoms with Crippen molar-refractivity contribution in [1.82, 2.24) is 9.97 Å². The van der Waals surface area contributed by atoms with Gasteiger partial charge in [-0.2, -0.15) is 0 Å². The first kappa shape index (κ1) is 26.5. The number of ether oxygens (including phenoxy) is 1. The lowest BCUT2D eigenvalue weighted by atomic mass is 9.86. The topological polar surface area (TPSA) is 38.2 Å². The van der Waals surface area contributed by atoms with Gasteiger partial charge in [-0.3, -0.25) is 0 Å². The van der Waals surface area contributed by atoms with E-state index in [-0.39, 0.29) is 6.04 Å². The van der Waals surface area contributed by atoms with Crippen molar-refractivity contribution in [2.75, 3.05) is 4.90 Å². The van der Waals surface area contributed by atoms with Gasteiger partial charge in [0, 0.05) is 43.8 Å². The predicted octanol–water partition coefficient (Wildman–Crippen LogP) is 10.9. The molecule has 48 heavy (non-hydrogen) atoms. The lowest BCUT2D eigenvalue weighted by Gasteiger charge is -2.29. The second kappa shape index (κ2) is 9.75. The molecule has 7 aromatic rings. The summed E-state index contributed by atoms with van der Waals surface area (Å²) in [6.45, 7) is 2.11. The zero-order valence-electron chi connectivity index (χ0n) is 26.3. The molecule has 2 aliphatic carbocycles. The van der Waals surface area contributed by atoms with Crippen LogP contribution in [0.3, 0.4) is 0 Å². The van der Waals surface area contributed by atoms with Crippen LogP contribution in [0.15, 0.2) is 121 Å². The number of benzene rings is 5. The number of fused-ring (bicyclic) bond motifs is 10. The van der Waals surface area contributed by atoms with E-state index in [0.717, 1.165) is 57.9 Å². The van der Waals surface area contributed by atoms with Gasteiger partial charge in [-0.15, -0.1) is 11.3 Å². The second-order valence-corrected chi connectivity index (χ2v) is 14.4. The molecule has 4 nitrogen and oxygen atoms in total. The molecule has 5 heteroatoms. The maximum absolute atomic E-state index is 6.64. The molecule has 228 valence electrons. The van der Waals surface area contributed by atoms with Gasteiger partial charge in [0.15, 0.2) is 5.82 Å². The number of allylic oxidation sites excluding steroid dienone is 3. The van der Waals surface area contributed by atoms with Crippen LogP contribution in [-0.2, 0) is 6.42 Å². The van der Waals surface area contributed by atoms with Crippen LogP contribution in [0.1, 0.15) is 40.3 Å². The highest BCUT2D eigenvalue weighted by molar-refractivity contribution is 7.26. The molecule has 4 heterocycles. The first-order valence-corrected chi connectivity index (χ1v) is 17.5. The molecule has 0 N–H and O–H groups in total. The van der Waals surface area contributed by atoms with E-state index in [1.807, 2.05) is 11.3 Å². The minimum absolute atomic E-state index is 0.231. The lowest BCUT2D eigenvalue weighted by Crippen LogP contribution is -2.28. The number of rotatable bonds is 2. The van der Waals surface area contributed by atoms with Crippen LogP contribution in [0.5, 0.6) is 5.75 Å². The standard InChI is InChI=1S/C43H29N3OS/c1-24-22-34-38-36(23-24)47-41-28-9-3-2-8-25(28)16-19-33(41)39(38)45-43(44-34)26-14-17-27(18-15-26)46-35-12-6-4-10-29(35)31-20-21-32-30-11-5-7-13-37(30)48-42(32)40(31)46/h2-15,17-18,20-23,29,35H,16,19H2,1H3. The Labute approximate surface area is 282 Å². The third kappa shape index (κ3) is 3.65. The van der Waals surface area contributed by atoms with Crippen molar-refractivity contribution in [1.29, 1.82) is 0 Å². The second-order valence-electron chi connectivity index (χ2n) is 13.3. The lowest BCUT2D eigenvalue weighted by molar-refractivity contribution is 0.513. The molecule has 2 atom stereocenters. The average Bonchev–Trinajstić information content (AvgIpc) is 3.67. The smallest absolute Gasteiger partial charge is 0.160 e. The Bertz CT molecular complexity index is 2630. The SMILES string of the molecule is Cc1cc2c3c(nc(-c4ccc(N5c6c(ccc7c6sc6ccccc67)C6C=CC=CC65)cc4)nc3c1)C1=C(O2)c2ccccc2CC1. The van der Waals surface area contributed by atoms with Crippen LogP contribution >= 0.6 is 11.3 Å². The van der Waals surface area contributed by atoms with Crippen molar-refractivity contribution in [3.8, 4) is 17.1 Å². The van der Waals surface area contributed by atoms with Crippen LogP contribution in [-0.4, -0.2) is 16.0 Å². The maximum atomic E-state index is 6.64. The zero-order valence-corrected chi connectivity index (χ0v) is 27.1. The van der Waals surface area contributed by atoms with Gasteiger partial charge in [0.05, 0.1) is 33.0 Å². The molecule has 2 aliphatic heterocycles. The quantitative estimate of drug-likeness (QED) is 0.189. The Kier molecular flexibility index (Phi) is 5.39. The number of nitrogens with zero attached hydrogens (tertiary/aromatic N) is 3. The minimum atomic E-state index is 0.231. The Morgan fingerprint density at radius 3 is 2.60 bits per heavy atom. The molecule has 0 saturated carbocycles. The molecule has 0 fully saturated rings. The van der Waals surface area contributed by atoms with Crippen molar-refractivity contribution in [2.45, 2.75) is 31.7 Å². The zero-order chi connectivity index (χ0) is 31.5. The van der Waals surface area contributed by atoms with E-state index in [9.17, 15) is 0 Å². The largest absolute Gasteiger partial charge is 0.456 e. The Morgan fingerprint density at radius 1 is 0.812 bits per heavy atom. The maximum Gasteiger partial charge on any atom is 0.160 e. The van der Waals surface area contributed by atoms with Crippen molar-refractivity contribution in [2.24, 2.45) is 0 Å². The molecule has 2 aromatic heterocycles. The van der Waals surface area contributed by atoms with Gasteiger partial charge < -0.3 is 9.64 Å². The molecule has 0 amide bonds. The number of aromatic nitrogens is 2. The Hall–Kier alpha value is -5.52. The number of hydrogen-bond donors (Lipinski definition) is 0. The van der Waals surface area contributed by atoms with Gasteiger partial charge in [-0.1, -0.05) is 78.9 Å². The highest BCUT2D eigenvalue weighted by atomic mass is 32.1. The highest BCUT2D eigenvalue weighted by Gasteiger charge is 2.39. The Morgan fingerprint density at radius 2 is 1.67 bits per heavy atom. The summed E-state index contributed by atoms with van der Waals surface area (Å²) in [4.78, 5) is 13.0. The van der Waals surface area contributed by atoms with Gasteiger partial charge in [0.25, 0.3) is 0 Å². The van der Waals surface area contributed by atoms with E-state index >= 15 is 0 Å². The molecule has 5 aromatic carbocycles. The van der Waals surface area contributed by atoms with Gasteiger partial charge in [0.2, 0.25) is 0 Å². The third-order valence-electron chi connectivity index (χ3n) is 10.5. The number of thiophene rings is 1. The average molecular weight is 636 g/mol. The summed E-state index contributed by atoms with van der Waals surface area (Å²) in [5, 5.41) is 3.68. The van der Waals surface area contributed by atoms with Crippen LogP contribution in [0.2, 0.25) is 0 Å². The van der Waals surface area contributed by atoms with Gasteiger partial charge >= 0.3 is 0 Å². The molecule has 11 rings (SSSR count). The number of hydrogen-bond acceptors (Lipinski definition) is 5. The van der Waals surface area contributed by atoms with E-state index in [1.54, 1.807) is 0 Å². The summed E-state index contributed by atoms with van der Waals surface area (Å²) in [5.74, 6) is 2.86.